The summed E-state index contributed by atoms with van der Waals surface area (Å²) in [5.41, 5.74) is 6.60. The number of sulfonamides is 1. The van der Waals surface area contributed by atoms with Crippen molar-refractivity contribution in [3.63, 3.8) is 0 Å². The van der Waals surface area contributed by atoms with Crippen LogP contribution in [0.5, 0.6) is 0 Å². The quantitative estimate of drug-likeness (QED) is 0.811. The molecule has 0 saturated carbocycles. The first kappa shape index (κ1) is 12.3. The summed E-state index contributed by atoms with van der Waals surface area (Å²) in [6.07, 6.45) is 4.20. The van der Waals surface area contributed by atoms with Crippen LogP contribution in [-0.4, -0.2) is 18.4 Å². The molecule has 0 aliphatic rings. The lowest BCUT2D eigenvalue weighted by Gasteiger charge is -2.09. The van der Waals surface area contributed by atoms with Crippen molar-refractivity contribution in [2.24, 2.45) is 0 Å². The lowest BCUT2D eigenvalue weighted by atomic mass is 10.2. The molecule has 0 bridgehead atoms. The zero-order valence-corrected chi connectivity index (χ0v) is 10.5. The number of nitrogen functional groups attached to an aromatic ring is 1. The highest BCUT2D eigenvalue weighted by atomic mass is 32.2. The molecular formula is C11H12N4O2S. The maximum Gasteiger partial charge on any atom is 0.263 e. The van der Waals surface area contributed by atoms with Crippen molar-refractivity contribution in [2.75, 3.05) is 10.5 Å². The summed E-state index contributed by atoms with van der Waals surface area (Å²) in [5, 5.41) is 0. The van der Waals surface area contributed by atoms with E-state index in [0.29, 0.717) is 11.3 Å². The van der Waals surface area contributed by atoms with Crippen molar-refractivity contribution < 1.29 is 8.42 Å². The van der Waals surface area contributed by atoms with E-state index in [1.54, 1.807) is 19.1 Å². The minimum atomic E-state index is -3.70. The Bertz CT molecular complexity index is 656. The number of aryl methyl sites for hydroxylation is 1. The first-order valence-electron chi connectivity index (χ1n) is 5.14. The zero-order chi connectivity index (χ0) is 13.2. The van der Waals surface area contributed by atoms with Gasteiger partial charge in [0.25, 0.3) is 10.0 Å². The first-order chi connectivity index (χ1) is 8.49. The summed E-state index contributed by atoms with van der Waals surface area (Å²) < 4.78 is 26.6. The number of nitrogens with two attached hydrogens (primary N) is 1. The third-order valence-corrected chi connectivity index (χ3v) is 3.80. The van der Waals surface area contributed by atoms with Gasteiger partial charge in [0.15, 0.2) is 5.82 Å². The number of rotatable bonds is 3. The van der Waals surface area contributed by atoms with E-state index in [9.17, 15) is 8.42 Å². The van der Waals surface area contributed by atoms with Crippen LogP contribution in [-0.2, 0) is 10.0 Å². The van der Waals surface area contributed by atoms with Crippen molar-refractivity contribution in [1.29, 1.82) is 0 Å². The second kappa shape index (κ2) is 4.61. The number of anilines is 2. The van der Waals surface area contributed by atoms with Gasteiger partial charge in [0.05, 0.1) is 11.1 Å². The summed E-state index contributed by atoms with van der Waals surface area (Å²) in [7, 11) is -3.70. The van der Waals surface area contributed by atoms with E-state index >= 15 is 0 Å². The summed E-state index contributed by atoms with van der Waals surface area (Å²) in [5.74, 6) is 0.166. The van der Waals surface area contributed by atoms with Crippen LogP contribution >= 0.6 is 0 Å². The van der Waals surface area contributed by atoms with E-state index in [4.69, 9.17) is 5.73 Å². The average Bonchev–Trinajstić information content (AvgIpc) is 2.33. The van der Waals surface area contributed by atoms with E-state index in [0.717, 1.165) is 0 Å². The molecule has 1 aromatic heterocycles. The molecule has 0 spiro atoms. The lowest BCUT2D eigenvalue weighted by molar-refractivity contribution is 0.600. The topological polar surface area (TPSA) is 98.0 Å². The molecule has 6 nitrogen and oxygen atoms in total. The molecule has 1 aromatic carbocycles. The number of hydrogen-bond donors (Lipinski definition) is 2. The van der Waals surface area contributed by atoms with Crippen molar-refractivity contribution in [3.8, 4) is 0 Å². The molecule has 0 atom stereocenters. The molecule has 2 rings (SSSR count). The van der Waals surface area contributed by atoms with Crippen molar-refractivity contribution >= 4 is 21.5 Å². The van der Waals surface area contributed by atoms with Crippen molar-refractivity contribution in [3.05, 3.63) is 42.4 Å². The van der Waals surface area contributed by atoms with Crippen LogP contribution < -0.4 is 10.5 Å². The third-order valence-electron chi connectivity index (χ3n) is 2.30. The molecule has 7 heteroatoms. The van der Waals surface area contributed by atoms with Crippen LogP contribution in [0, 0.1) is 6.92 Å². The molecule has 0 aliphatic carbocycles. The van der Waals surface area contributed by atoms with Gasteiger partial charge in [0, 0.05) is 18.1 Å². The Morgan fingerprint density at radius 3 is 2.72 bits per heavy atom. The van der Waals surface area contributed by atoms with E-state index in [1.165, 1.54) is 24.7 Å². The maximum atomic E-state index is 12.1. The smallest absolute Gasteiger partial charge is 0.263 e. The first-order valence-corrected chi connectivity index (χ1v) is 6.62. The molecule has 0 aliphatic heterocycles. The van der Waals surface area contributed by atoms with E-state index in [2.05, 4.69) is 14.7 Å². The van der Waals surface area contributed by atoms with Crippen LogP contribution in [0.3, 0.4) is 0 Å². The number of nitrogens with zero attached hydrogens (tertiary/aromatic N) is 2. The van der Waals surface area contributed by atoms with Gasteiger partial charge in [-0.05, 0) is 24.6 Å². The van der Waals surface area contributed by atoms with Crippen molar-refractivity contribution in [2.45, 2.75) is 11.8 Å². The molecule has 94 valence electrons. The van der Waals surface area contributed by atoms with E-state index in [1.807, 2.05) is 0 Å². The fourth-order valence-electron chi connectivity index (χ4n) is 1.45. The van der Waals surface area contributed by atoms with Crippen LogP contribution in [0.1, 0.15) is 5.56 Å². The molecule has 1 heterocycles. The normalized spacial score (nSPS) is 11.2. The van der Waals surface area contributed by atoms with Gasteiger partial charge in [-0.25, -0.2) is 13.4 Å². The highest BCUT2D eigenvalue weighted by Crippen LogP contribution is 2.20. The Hall–Kier alpha value is -2.15. The fraction of sp³-hybridized carbons (Fsp3) is 0.0909. The molecule has 0 saturated heterocycles. The molecular weight excluding hydrogens is 252 g/mol. The second-order valence-corrected chi connectivity index (χ2v) is 5.37. The number of benzene rings is 1. The van der Waals surface area contributed by atoms with Crippen molar-refractivity contribution in [1.82, 2.24) is 9.97 Å². The predicted molar refractivity (Wildman–Crippen MR) is 68.4 cm³/mol. The molecule has 3 N–H and O–H groups in total. The van der Waals surface area contributed by atoms with Crippen LogP contribution in [0.25, 0.3) is 0 Å². The SMILES string of the molecule is Cc1ccc(N)cc1S(=O)(=O)Nc1cnccn1. The molecule has 0 fully saturated rings. The molecule has 0 amide bonds. The van der Waals surface area contributed by atoms with Gasteiger partial charge in [0.1, 0.15) is 0 Å². The molecule has 2 aromatic rings. The number of aromatic nitrogens is 2. The number of hydrogen-bond acceptors (Lipinski definition) is 5. The van der Waals surface area contributed by atoms with Crippen LogP contribution in [0.2, 0.25) is 0 Å². The van der Waals surface area contributed by atoms with Gasteiger partial charge in [0.2, 0.25) is 0 Å². The Labute approximate surface area is 105 Å². The summed E-state index contributed by atoms with van der Waals surface area (Å²) >= 11 is 0. The zero-order valence-electron chi connectivity index (χ0n) is 9.66. The molecule has 18 heavy (non-hydrogen) atoms. The standard InChI is InChI=1S/C11H12N4O2S/c1-8-2-3-9(12)6-10(8)18(16,17)15-11-7-13-4-5-14-11/h2-7H,12H2,1H3,(H,14,15). The van der Waals surface area contributed by atoms with Crippen LogP contribution in [0.15, 0.2) is 41.7 Å². The largest absolute Gasteiger partial charge is 0.399 e. The summed E-state index contributed by atoms with van der Waals surface area (Å²) in [6, 6.07) is 4.71. The van der Waals surface area contributed by atoms with Gasteiger partial charge in [-0.1, -0.05) is 6.07 Å². The Kier molecular flexibility index (Phi) is 3.15. The van der Waals surface area contributed by atoms with E-state index in [-0.39, 0.29) is 10.7 Å². The summed E-state index contributed by atoms with van der Waals surface area (Å²) in [6.45, 7) is 1.70. The highest BCUT2D eigenvalue weighted by molar-refractivity contribution is 7.92. The summed E-state index contributed by atoms with van der Waals surface area (Å²) in [4.78, 5) is 7.78. The number of nitrogens with one attached hydrogen (secondary N) is 1. The van der Waals surface area contributed by atoms with Gasteiger partial charge < -0.3 is 5.73 Å². The van der Waals surface area contributed by atoms with Gasteiger partial charge >= 0.3 is 0 Å². The minimum Gasteiger partial charge on any atom is -0.399 e. The minimum absolute atomic E-state index is 0.133. The molecule has 0 unspecified atom stereocenters. The predicted octanol–water partition coefficient (Wildman–Crippen LogP) is 1.17. The third kappa shape index (κ3) is 2.57. The Morgan fingerprint density at radius 2 is 2.06 bits per heavy atom. The fourth-order valence-corrected chi connectivity index (χ4v) is 2.72. The maximum absolute atomic E-state index is 12.1. The second-order valence-electron chi connectivity index (χ2n) is 3.72. The lowest BCUT2D eigenvalue weighted by Crippen LogP contribution is -2.15. The monoisotopic (exact) mass is 264 g/mol. The van der Waals surface area contributed by atoms with Gasteiger partial charge in [-0.3, -0.25) is 9.71 Å². The Morgan fingerprint density at radius 1 is 1.28 bits per heavy atom. The average molecular weight is 264 g/mol. The van der Waals surface area contributed by atoms with E-state index < -0.39 is 10.0 Å². The van der Waals surface area contributed by atoms with Gasteiger partial charge in [-0.2, -0.15) is 0 Å². The molecule has 0 radical (unpaired) electrons. The Balaban J connectivity index is 2.40. The highest BCUT2D eigenvalue weighted by Gasteiger charge is 2.17. The van der Waals surface area contributed by atoms with Gasteiger partial charge in [-0.15, -0.1) is 0 Å². The van der Waals surface area contributed by atoms with Crippen LogP contribution in [0.4, 0.5) is 11.5 Å².